The number of halogens is 1. The molecule has 1 aliphatic rings. The number of unbranched alkanes of at least 4 members (excludes halogenated alkanes) is 1. The lowest BCUT2D eigenvalue weighted by atomic mass is 9.82. The van der Waals surface area contributed by atoms with Gasteiger partial charge >= 0.3 is 5.97 Å². The summed E-state index contributed by atoms with van der Waals surface area (Å²) in [5, 5.41) is 1.58. The van der Waals surface area contributed by atoms with Crippen LogP contribution in [-0.4, -0.2) is 11.8 Å². The largest absolute Gasteiger partial charge is 0.420 e. The van der Waals surface area contributed by atoms with Crippen LogP contribution in [0.1, 0.15) is 108 Å². The summed E-state index contributed by atoms with van der Waals surface area (Å²) >= 11 is 0. The Hall–Kier alpha value is -4.31. The number of hydrogen-bond donors (Lipinski definition) is 0. The first-order valence-corrected chi connectivity index (χ1v) is 17.2. The third-order valence-electron chi connectivity index (χ3n) is 9.40. The van der Waals surface area contributed by atoms with Crippen LogP contribution in [0.4, 0.5) is 4.39 Å². The van der Waals surface area contributed by atoms with Gasteiger partial charge in [-0.1, -0.05) is 120 Å². The average molecular weight is 633 g/mol. The number of ether oxygens (including phenoxy) is 1. The zero-order valence-electron chi connectivity index (χ0n) is 28.5. The van der Waals surface area contributed by atoms with Gasteiger partial charge in [-0.3, -0.25) is 4.79 Å². The van der Waals surface area contributed by atoms with Gasteiger partial charge in [0.15, 0.2) is 17.3 Å². The summed E-state index contributed by atoms with van der Waals surface area (Å²) in [6.07, 6.45) is 13.0. The molecule has 47 heavy (non-hydrogen) atoms. The fourth-order valence-electron chi connectivity index (χ4n) is 6.47. The van der Waals surface area contributed by atoms with Gasteiger partial charge in [-0.2, -0.15) is 0 Å². The average Bonchev–Trinajstić information content (AvgIpc) is 3.11. The number of carbonyl (C=O) groups excluding carboxylic acids is 2. The molecule has 5 rings (SSSR count). The second kappa shape index (κ2) is 17.0. The molecule has 3 nitrogen and oxygen atoms in total. The summed E-state index contributed by atoms with van der Waals surface area (Å²) in [6.45, 7) is 14.7. The lowest BCUT2D eigenvalue weighted by Crippen LogP contribution is -2.08. The Labute approximate surface area is 280 Å². The number of ketones is 1. The molecule has 246 valence electrons. The second-order valence-electron chi connectivity index (χ2n) is 12.7. The van der Waals surface area contributed by atoms with E-state index in [0.717, 1.165) is 65.0 Å². The van der Waals surface area contributed by atoms with Crippen molar-refractivity contribution in [1.82, 2.24) is 0 Å². The highest BCUT2D eigenvalue weighted by Crippen LogP contribution is 2.46. The maximum absolute atomic E-state index is 16.0. The SMILES string of the molecule is C=CC(=O)Oc1c(F)cc(C(C)CC)c2c(-c3ccc(CCCC)cc3)ccc(-c3ccc(C4CCCCC4)cc3)c12.C=CC(C)=O. The number of fused-ring (bicyclic) bond motifs is 1. The number of hydrogen-bond acceptors (Lipinski definition) is 3. The van der Waals surface area contributed by atoms with Crippen LogP contribution < -0.4 is 4.74 Å². The van der Waals surface area contributed by atoms with Crippen molar-refractivity contribution < 1.29 is 18.7 Å². The van der Waals surface area contributed by atoms with Crippen LogP contribution in [-0.2, 0) is 16.0 Å². The number of carbonyl (C=O) groups is 2. The highest BCUT2D eigenvalue weighted by atomic mass is 19.1. The third-order valence-corrected chi connectivity index (χ3v) is 9.40. The summed E-state index contributed by atoms with van der Waals surface area (Å²) < 4.78 is 21.6. The molecular formula is C43H49FO3. The summed E-state index contributed by atoms with van der Waals surface area (Å²) in [5.74, 6) is -0.501. The van der Waals surface area contributed by atoms with E-state index in [1.165, 1.54) is 56.2 Å². The molecule has 1 unspecified atom stereocenters. The molecule has 0 N–H and O–H groups in total. The summed E-state index contributed by atoms with van der Waals surface area (Å²) in [7, 11) is 0. The summed E-state index contributed by atoms with van der Waals surface area (Å²) in [4.78, 5) is 22.2. The Morgan fingerprint density at radius 1 is 0.872 bits per heavy atom. The second-order valence-corrected chi connectivity index (χ2v) is 12.7. The number of esters is 1. The highest BCUT2D eigenvalue weighted by Gasteiger charge is 2.24. The molecule has 0 saturated heterocycles. The van der Waals surface area contributed by atoms with E-state index in [1.807, 2.05) is 0 Å². The summed E-state index contributed by atoms with van der Waals surface area (Å²) in [6, 6.07) is 23.2. The van der Waals surface area contributed by atoms with Gasteiger partial charge in [0.05, 0.1) is 0 Å². The van der Waals surface area contributed by atoms with Gasteiger partial charge in [0.1, 0.15) is 0 Å². The monoisotopic (exact) mass is 632 g/mol. The molecule has 4 aromatic carbocycles. The van der Waals surface area contributed by atoms with E-state index >= 15 is 4.39 Å². The fraction of sp³-hybridized carbons (Fsp3) is 0.349. The molecule has 0 heterocycles. The lowest BCUT2D eigenvalue weighted by molar-refractivity contribution is -0.129. The molecule has 1 aliphatic carbocycles. The molecule has 4 aromatic rings. The lowest BCUT2D eigenvalue weighted by Gasteiger charge is -2.23. The first kappa shape index (κ1) is 35.5. The van der Waals surface area contributed by atoms with Crippen molar-refractivity contribution in [3.05, 3.63) is 115 Å². The Morgan fingerprint density at radius 3 is 1.98 bits per heavy atom. The zero-order chi connectivity index (χ0) is 33.9. The molecule has 0 amide bonds. The van der Waals surface area contributed by atoms with Crippen LogP contribution in [0.25, 0.3) is 33.0 Å². The Kier molecular flexibility index (Phi) is 12.9. The van der Waals surface area contributed by atoms with Crippen LogP contribution in [0.5, 0.6) is 5.75 Å². The number of aryl methyl sites for hydroxylation is 1. The predicted octanol–water partition coefficient (Wildman–Crippen LogP) is 12.1. The Balaban J connectivity index is 0.000000930. The molecule has 0 bridgehead atoms. The van der Waals surface area contributed by atoms with Crippen LogP contribution in [0.15, 0.2) is 92.0 Å². The standard InChI is InChI=1S/C39H43FO2.C4H6O/c1-5-8-12-27-15-17-30(18-16-27)32-23-24-33(31-21-19-29(20-22-31)28-13-10-9-11-14-28)38-37(32)34(26(4)6-2)25-35(40)39(38)42-36(41)7-3;1-3-4(2)5/h7,15-26,28H,3,5-6,8-14H2,1-2,4H3;3H,1H2,2H3. The van der Waals surface area contributed by atoms with E-state index in [-0.39, 0.29) is 17.5 Å². The van der Waals surface area contributed by atoms with Crippen molar-refractivity contribution in [2.75, 3.05) is 0 Å². The Bertz CT molecular complexity index is 1690. The molecule has 0 spiro atoms. The fourth-order valence-corrected chi connectivity index (χ4v) is 6.47. The number of benzene rings is 4. The molecule has 1 atom stereocenters. The van der Waals surface area contributed by atoms with E-state index in [2.05, 4.69) is 94.6 Å². The molecular weight excluding hydrogens is 583 g/mol. The minimum absolute atomic E-state index is 0.0185. The van der Waals surface area contributed by atoms with Crippen LogP contribution in [0.2, 0.25) is 0 Å². The van der Waals surface area contributed by atoms with Crippen molar-refractivity contribution in [3.8, 4) is 28.0 Å². The minimum atomic E-state index is -0.671. The quantitative estimate of drug-likeness (QED) is 0.0938. The number of allylic oxidation sites excluding steroid dienone is 1. The van der Waals surface area contributed by atoms with E-state index in [9.17, 15) is 9.59 Å². The van der Waals surface area contributed by atoms with Crippen molar-refractivity contribution in [2.45, 2.75) is 97.3 Å². The third kappa shape index (κ3) is 8.74. The highest BCUT2D eigenvalue weighted by molar-refractivity contribution is 6.10. The van der Waals surface area contributed by atoms with Gasteiger partial charge in [0.25, 0.3) is 0 Å². The van der Waals surface area contributed by atoms with Gasteiger partial charge in [-0.05, 0) is 107 Å². The molecule has 1 fully saturated rings. The molecule has 4 heteroatoms. The maximum atomic E-state index is 16.0. The van der Waals surface area contributed by atoms with E-state index in [1.54, 1.807) is 6.07 Å². The van der Waals surface area contributed by atoms with Gasteiger partial charge in [0, 0.05) is 11.5 Å². The normalized spacial score (nSPS) is 13.7. The van der Waals surface area contributed by atoms with E-state index in [0.29, 0.717) is 11.3 Å². The molecule has 0 aromatic heterocycles. The van der Waals surface area contributed by atoms with Crippen LogP contribution >= 0.6 is 0 Å². The van der Waals surface area contributed by atoms with Crippen LogP contribution in [0.3, 0.4) is 0 Å². The first-order valence-electron chi connectivity index (χ1n) is 17.2. The zero-order valence-corrected chi connectivity index (χ0v) is 28.5. The first-order chi connectivity index (χ1) is 22.7. The molecule has 0 aliphatic heterocycles. The van der Waals surface area contributed by atoms with Gasteiger partial charge in [-0.15, -0.1) is 0 Å². The Morgan fingerprint density at radius 2 is 1.45 bits per heavy atom. The predicted molar refractivity (Wildman–Crippen MR) is 195 cm³/mol. The van der Waals surface area contributed by atoms with E-state index in [4.69, 9.17) is 4.74 Å². The summed E-state index contributed by atoms with van der Waals surface area (Å²) in [5.41, 5.74) is 7.53. The topological polar surface area (TPSA) is 43.4 Å². The smallest absolute Gasteiger partial charge is 0.335 e. The molecule has 0 radical (unpaired) electrons. The van der Waals surface area contributed by atoms with Gasteiger partial charge in [0.2, 0.25) is 0 Å². The maximum Gasteiger partial charge on any atom is 0.335 e. The van der Waals surface area contributed by atoms with Crippen molar-refractivity contribution in [3.63, 3.8) is 0 Å². The minimum Gasteiger partial charge on any atom is -0.420 e. The van der Waals surface area contributed by atoms with E-state index < -0.39 is 11.8 Å². The van der Waals surface area contributed by atoms with Gasteiger partial charge in [-0.25, -0.2) is 9.18 Å². The van der Waals surface area contributed by atoms with Crippen molar-refractivity contribution in [1.29, 1.82) is 0 Å². The van der Waals surface area contributed by atoms with Crippen molar-refractivity contribution >= 4 is 22.5 Å². The van der Waals surface area contributed by atoms with Crippen LogP contribution in [0, 0.1) is 5.82 Å². The van der Waals surface area contributed by atoms with Gasteiger partial charge < -0.3 is 4.74 Å². The molecule has 1 saturated carbocycles. The van der Waals surface area contributed by atoms with Crippen molar-refractivity contribution in [2.24, 2.45) is 0 Å². The number of rotatable bonds is 11.